The third kappa shape index (κ3) is 8.71. The summed E-state index contributed by atoms with van der Waals surface area (Å²) in [6.07, 6.45) is 6.32. The van der Waals surface area contributed by atoms with Crippen molar-refractivity contribution in [3.63, 3.8) is 0 Å². The SMILES string of the molecule is CCOC(=O)/C(C)=C/[C@H](C(C)C)N(C)C(=O)[C@H](CC(C)C)NC(=O)C1CCCCN1C(C)CC. The van der Waals surface area contributed by atoms with E-state index in [0.717, 1.165) is 32.2 Å². The van der Waals surface area contributed by atoms with Gasteiger partial charge in [-0.05, 0) is 64.8 Å². The van der Waals surface area contributed by atoms with Crippen LogP contribution < -0.4 is 5.32 Å². The Labute approximate surface area is 207 Å². The van der Waals surface area contributed by atoms with Gasteiger partial charge in [-0.15, -0.1) is 0 Å². The topological polar surface area (TPSA) is 79.0 Å². The second kappa shape index (κ2) is 14.5. The van der Waals surface area contributed by atoms with Crippen molar-refractivity contribution in [3.05, 3.63) is 11.6 Å². The smallest absolute Gasteiger partial charge is 0.333 e. The lowest BCUT2D eigenvalue weighted by atomic mass is 9.95. The fraction of sp³-hybridized carbons (Fsp3) is 0.815. The minimum Gasteiger partial charge on any atom is -0.463 e. The Kier molecular flexibility index (Phi) is 12.9. The first-order valence-electron chi connectivity index (χ1n) is 13.1. The molecule has 7 nitrogen and oxygen atoms in total. The predicted octanol–water partition coefficient (Wildman–Crippen LogP) is 4.16. The van der Waals surface area contributed by atoms with Crippen LogP contribution in [0.5, 0.6) is 0 Å². The Morgan fingerprint density at radius 3 is 2.29 bits per heavy atom. The van der Waals surface area contributed by atoms with Gasteiger partial charge in [0.25, 0.3) is 0 Å². The molecule has 1 aliphatic rings. The number of esters is 1. The van der Waals surface area contributed by atoms with Crippen LogP contribution in [0.25, 0.3) is 0 Å². The molecule has 1 saturated heterocycles. The molecule has 1 heterocycles. The summed E-state index contributed by atoms with van der Waals surface area (Å²) in [7, 11) is 1.76. The summed E-state index contributed by atoms with van der Waals surface area (Å²) in [5.74, 6) is -0.211. The van der Waals surface area contributed by atoms with Gasteiger partial charge in [-0.25, -0.2) is 4.79 Å². The van der Waals surface area contributed by atoms with E-state index in [0.29, 0.717) is 24.6 Å². The Morgan fingerprint density at radius 2 is 1.76 bits per heavy atom. The van der Waals surface area contributed by atoms with Crippen LogP contribution in [0.3, 0.4) is 0 Å². The van der Waals surface area contributed by atoms with Gasteiger partial charge in [0.15, 0.2) is 0 Å². The molecule has 1 fully saturated rings. The van der Waals surface area contributed by atoms with E-state index in [-0.39, 0.29) is 41.7 Å². The van der Waals surface area contributed by atoms with Gasteiger partial charge in [0.2, 0.25) is 11.8 Å². The highest BCUT2D eigenvalue weighted by Crippen LogP contribution is 2.22. The first-order chi connectivity index (χ1) is 15.9. The molecule has 0 saturated carbocycles. The monoisotopic (exact) mass is 479 g/mol. The number of likely N-dealkylation sites (tertiary alicyclic amines) is 1. The fourth-order valence-corrected chi connectivity index (χ4v) is 4.67. The quantitative estimate of drug-likeness (QED) is 0.336. The van der Waals surface area contributed by atoms with E-state index in [1.807, 2.05) is 13.8 Å². The summed E-state index contributed by atoms with van der Waals surface area (Å²) in [6, 6.07) is -0.742. The molecule has 0 aromatic carbocycles. The van der Waals surface area contributed by atoms with Gasteiger partial charge in [0.1, 0.15) is 6.04 Å². The number of ether oxygens (including phenoxy) is 1. The lowest BCUT2D eigenvalue weighted by molar-refractivity contribution is -0.140. The zero-order valence-electron chi connectivity index (χ0n) is 23.0. The summed E-state index contributed by atoms with van der Waals surface area (Å²) in [5, 5.41) is 3.11. The number of amides is 2. The van der Waals surface area contributed by atoms with Crippen molar-refractivity contribution in [3.8, 4) is 0 Å². The molecule has 196 valence electrons. The third-order valence-corrected chi connectivity index (χ3v) is 6.82. The summed E-state index contributed by atoms with van der Waals surface area (Å²) < 4.78 is 5.11. The second-order valence-corrected chi connectivity index (χ2v) is 10.5. The van der Waals surface area contributed by atoms with E-state index in [9.17, 15) is 14.4 Å². The van der Waals surface area contributed by atoms with Crippen molar-refractivity contribution in [1.82, 2.24) is 15.1 Å². The van der Waals surface area contributed by atoms with Gasteiger partial charge < -0.3 is 15.0 Å². The van der Waals surface area contributed by atoms with Gasteiger partial charge >= 0.3 is 5.97 Å². The van der Waals surface area contributed by atoms with Gasteiger partial charge in [0, 0.05) is 18.7 Å². The molecule has 0 spiro atoms. The molecule has 4 atom stereocenters. The lowest BCUT2D eigenvalue weighted by Gasteiger charge is -2.39. The van der Waals surface area contributed by atoms with Crippen molar-refractivity contribution in [2.75, 3.05) is 20.2 Å². The zero-order chi connectivity index (χ0) is 26.0. The number of carbonyl (C=O) groups excluding carboxylic acids is 3. The number of rotatable bonds is 12. The fourth-order valence-electron chi connectivity index (χ4n) is 4.67. The van der Waals surface area contributed by atoms with E-state index >= 15 is 0 Å². The third-order valence-electron chi connectivity index (χ3n) is 6.82. The van der Waals surface area contributed by atoms with Crippen LogP contribution in [0.1, 0.15) is 87.5 Å². The average Bonchev–Trinajstić information content (AvgIpc) is 2.79. The largest absolute Gasteiger partial charge is 0.463 e. The molecule has 34 heavy (non-hydrogen) atoms. The molecule has 0 aliphatic carbocycles. The highest BCUT2D eigenvalue weighted by Gasteiger charge is 2.35. The normalized spacial score (nSPS) is 20.1. The Morgan fingerprint density at radius 1 is 1.12 bits per heavy atom. The van der Waals surface area contributed by atoms with E-state index < -0.39 is 6.04 Å². The highest BCUT2D eigenvalue weighted by molar-refractivity contribution is 5.90. The number of piperidine rings is 1. The Bertz CT molecular complexity index is 704. The molecule has 1 rings (SSSR count). The van der Waals surface area contributed by atoms with Crippen LogP contribution in [-0.2, 0) is 19.1 Å². The number of nitrogens with one attached hydrogen (secondary N) is 1. The summed E-state index contributed by atoms with van der Waals surface area (Å²) in [6.45, 7) is 17.2. The number of nitrogens with zero attached hydrogens (tertiary/aromatic N) is 2. The minimum atomic E-state index is -0.601. The lowest BCUT2D eigenvalue weighted by Crippen LogP contribution is -2.58. The van der Waals surface area contributed by atoms with Crippen LogP contribution >= 0.6 is 0 Å². The predicted molar refractivity (Wildman–Crippen MR) is 137 cm³/mol. The van der Waals surface area contributed by atoms with E-state index in [4.69, 9.17) is 4.74 Å². The number of hydrogen-bond acceptors (Lipinski definition) is 5. The van der Waals surface area contributed by atoms with E-state index in [1.165, 1.54) is 0 Å². The van der Waals surface area contributed by atoms with Gasteiger partial charge in [-0.2, -0.15) is 0 Å². The van der Waals surface area contributed by atoms with Gasteiger partial charge in [0.05, 0.1) is 18.7 Å². The van der Waals surface area contributed by atoms with Crippen LogP contribution in [0.4, 0.5) is 0 Å². The molecular formula is C27H49N3O4. The van der Waals surface area contributed by atoms with Crippen LogP contribution in [0.15, 0.2) is 11.6 Å². The summed E-state index contributed by atoms with van der Waals surface area (Å²) in [5.41, 5.74) is 0.482. The maximum Gasteiger partial charge on any atom is 0.333 e. The van der Waals surface area contributed by atoms with E-state index in [2.05, 4.69) is 37.9 Å². The molecule has 0 aromatic heterocycles. The summed E-state index contributed by atoms with van der Waals surface area (Å²) >= 11 is 0. The number of hydrogen-bond donors (Lipinski definition) is 1. The Balaban J connectivity index is 3.11. The zero-order valence-corrected chi connectivity index (χ0v) is 23.0. The first-order valence-corrected chi connectivity index (χ1v) is 13.1. The van der Waals surface area contributed by atoms with Gasteiger partial charge in [-0.3, -0.25) is 14.5 Å². The molecule has 0 aromatic rings. The van der Waals surface area contributed by atoms with Gasteiger partial charge in [-0.1, -0.05) is 47.1 Å². The number of carbonyl (C=O) groups is 3. The van der Waals surface area contributed by atoms with E-state index in [1.54, 1.807) is 31.9 Å². The van der Waals surface area contributed by atoms with Crippen LogP contribution in [0.2, 0.25) is 0 Å². The molecule has 0 bridgehead atoms. The second-order valence-electron chi connectivity index (χ2n) is 10.5. The molecule has 1 aliphatic heterocycles. The number of likely N-dealkylation sites (N-methyl/N-ethyl adjacent to an activating group) is 1. The van der Waals surface area contributed by atoms with Crippen molar-refractivity contribution < 1.29 is 19.1 Å². The molecule has 2 unspecified atom stereocenters. The molecule has 1 N–H and O–H groups in total. The van der Waals surface area contributed by atoms with Crippen LogP contribution in [0, 0.1) is 11.8 Å². The van der Waals surface area contributed by atoms with Crippen molar-refractivity contribution in [2.24, 2.45) is 11.8 Å². The molecule has 7 heteroatoms. The first kappa shape index (κ1) is 30.1. The molecule has 2 amide bonds. The Hall–Kier alpha value is -1.89. The van der Waals surface area contributed by atoms with Crippen molar-refractivity contribution >= 4 is 17.8 Å². The maximum absolute atomic E-state index is 13.6. The average molecular weight is 480 g/mol. The highest BCUT2D eigenvalue weighted by atomic mass is 16.5. The standard InChI is InChI=1S/C27H49N3O4/c1-10-21(8)30-15-13-12-14-23(30)25(31)28-22(16-18(3)4)26(32)29(9)24(19(5)6)17-20(7)27(33)34-11-2/h17-19,21-24H,10-16H2,1-9H3,(H,28,31)/b20-17+/t21?,22-,23?,24+/m0/s1. The summed E-state index contributed by atoms with van der Waals surface area (Å²) in [4.78, 5) is 43.2. The maximum atomic E-state index is 13.6. The van der Waals surface area contributed by atoms with Crippen molar-refractivity contribution in [2.45, 2.75) is 112 Å². The minimum absolute atomic E-state index is 0.0493. The van der Waals surface area contributed by atoms with Crippen LogP contribution in [-0.4, -0.2) is 72.0 Å². The molecule has 0 radical (unpaired) electrons. The van der Waals surface area contributed by atoms with Crippen molar-refractivity contribution in [1.29, 1.82) is 0 Å². The molecular weight excluding hydrogens is 430 g/mol.